The third-order valence-corrected chi connectivity index (χ3v) is 5.40. The van der Waals surface area contributed by atoms with Crippen LogP contribution >= 0.6 is 0 Å². The fourth-order valence-corrected chi connectivity index (χ4v) is 3.76. The minimum atomic E-state index is -0.0988. The number of nitrogens with zero attached hydrogens (tertiary/aromatic N) is 6. The van der Waals surface area contributed by atoms with Gasteiger partial charge in [-0.2, -0.15) is 0 Å². The van der Waals surface area contributed by atoms with Gasteiger partial charge >= 0.3 is 0 Å². The van der Waals surface area contributed by atoms with E-state index in [2.05, 4.69) is 51.6 Å². The third-order valence-electron chi connectivity index (χ3n) is 5.40. The van der Waals surface area contributed by atoms with Crippen molar-refractivity contribution in [2.24, 2.45) is 0 Å². The third kappa shape index (κ3) is 4.27. The maximum Gasteiger partial charge on any atom is 0.289 e. The highest BCUT2D eigenvalue weighted by molar-refractivity contribution is 5.91. The second-order valence-electron chi connectivity index (χ2n) is 7.37. The monoisotopic (exact) mass is 410 g/mol. The highest BCUT2D eigenvalue weighted by atomic mass is 16.5. The number of rotatable bonds is 7. The van der Waals surface area contributed by atoms with Gasteiger partial charge in [0, 0.05) is 33.3 Å². The first-order valence-electron chi connectivity index (χ1n) is 10.1. The van der Waals surface area contributed by atoms with Gasteiger partial charge in [0.1, 0.15) is 0 Å². The second-order valence-corrected chi connectivity index (χ2v) is 7.37. The van der Waals surface area contributed by atoms with E-state index in [1.165, 1.54) is 11.8 Å². The molecule has 1 amide bonds. The molecule has 1 saturated heterocycles. The Labute approximate surface area is 175 Å². The SMILES string of the molecule is COCCn1nnnc1C(c1ccc(C)cc1)N1CCN(C(=O)c2ccco2)CC1. The summed E-state index contributed by atoms with van der Waals surface area (Å²) in [5.74, 6) is 1.08. The number of amides is 1. The number of ether oxygens (including phenoxy) is 1. The zero-order chi connectivity index (χ0) is 20.9. The largest absolute Gasteiger partial charge is 0.459 e. The van der Waals surface area contributed by atoms with E-state index in [1.807, 2.05) is 4.90 Å². The van der Waals surface area contributed by atoms with Crippen LogP contribution in [0.25, 0.3) is 0 Å². The van der Waals surface area contributed by atoms with Gasteiger partial charge < -0.3 is 14.1 Å². The molecule has 4 rings (SSSR count). The van der Waals surface area contributed by atoms with Crippen LogP contribution in [0.15, 0.2) is 47.1 Å². The number of aromatic nitrogens is 4. The molecule has 0 aliphatic carbocycles. The van der Waals surface area contributed by atoms with Crippen LogP contribution in [0, 0.1) is 6.92 Å². The quantitative estimate of drug-likeness (QED) is 0.586. The van der Waals surface area contributed by atoms with Crippen molar-refractivity contribution in [3.63, 3.8) is 0 Å². The van der Waals surface area contributed by atoms with Gasteiger partial charge in [0.2, 0.25) is 0 Å². The molecule has 1 fully saturated rings. The van der Waals surface area contributed by atoms with Gasteiger partial charge in [-0.25, -0.2) is 4.68 Å². The lowest BCUT2D eigenvalue weighted by atomic mass is 10.0. The van der Waals surface area contributed by atoms with Crippen LogP contribution in [0.4, 0.5) is 0 Å². The van der Waals surface area contributed by atoms with Crippen molar-refractivity contribution in [2.45, 2.75) is 19.5 Å². The summed E-state index contributed by atoms with van der Waals surface area (Å²) < 4.78 is 12.3. The Balaban J connectivity index is 1.56. The predicted molar refractivity (Wildman–Crippen MR) is 109 cm³/mol. The van der Waals surface area contributed by atoms with E-state index in [9.17, 15) is 4.79 Å². The molecule has 1 aliphatic heterocycles. The molecule has 9 nitrogen and oxygen atoms in total. The van der Waals surface area contributed by atoms with Crippen molar-refractivity contribution < 1.29 is 13.9 Å². The van der Waals surface area contributed by atoms with Gasteiger partial charge in [-0.15, -0.1) is 5.10 Å². The zero-order valence-electron chi connectivity index (χ0n) is 17.3. The van der Waals surface area contributed by atoms with Crippen LogP contribution in [0.3, 0.4) is 0 Å². The van der Waals surface area contributed by atoms with Crippen molar-refractivity contribution in [1.82, 2.24) is 30.0 Å². The minimum Gasteiger partial charge on any atom is -0.459 e. The van der Waals surface area contributed by atoms with E-state index in [0.29, 0.717) is 45.1 Å². The van der Waals surface area contributed by atoms with Crippen LogP contribution in [0.2, 0.25) is 0 Å². The van der Waals surface area contributed by atoms with Gasteiger partial charge in [-0.3, -0.25) is 9.69 Å². The summed E-state index contributed by atoms with van der Waals surface area (Å²) in [7, 11) is 1.66. The molecular weight excluding hydrogens is 384 g/mol. The summed E-state index contributed by atoms with van der Waals surface area (Å²) in [6.07, 6.45) is 1.52. The molecule has 0 radical (unpaired) electrons. The van der Waals surface area contributed by atoms with Crippen molar-refractivity contribution in [1.29, 1.82) is 0 Å². The highest BCUT2D eigenvalue weighted by Crippen LogP contribution is 2.28. The molecule has 3 aromatic rings. The van der Waals surface area contributed by atoms with E-state index >= 15 is 0 Å². The molecule has 1 aromatic carbocycles. The van der Waals surface area contributed by atoms with Gasteiger partial charge in [0.15, 0.2) is 11.6 Å². The Morgan fingerprint density at radius 1 is 1.17 bits per heavy atom. The average molecular weight is 410 g/mol. The molecule has 0 bridgehead atoms. The summed E-state index contributed by atoms with van der Waals surface area (Å²) in [5, 5.41) is 12.4. The average Bonchev–Trinajstić information content (AvgIpc) is 3.46. The lowest BCUT2D eigenvalue weighted by Gasteiger charge is -2.38. The Hall–Kier alpha value is -3.04. The Kier molecular flexibility index (Phi) is 6.20. The molecule has 30 heavy (non-hydrogen) atoms. The lowest BCUT2D eigenvalue weighted by molar-refractivity contribution is 0.0558. The Morgan fingerprint density at radius 2 is 1.93 bits per heavy atom. The normalized spacial score (nSPS) is 16.0. The molecule has 1 aliphatic rings. The van der Waals surface area contributed by atoms with E-state index in [-0.39, 0.29) is 11.9 Å². The summed E-state index contributed by atoms with van der Waals surface area (Å²) >= 11 is 0. The molecule has 9 heteroatoms. The first-order chi connectivity index (χ1) is 14.7. The number of tetrazole rings is 1. The van der Waals surface area contributed by atoms with Gasteiger partial charge in [0.05, 0.1) is 25.5 Å². The summed E-state index contributed by atoms with van der Waals surface area (Å²) in [6, 6.07) is 11.8. The molecule has 0 saturated carbocycles. The standard InChI is InChI=1S/C21H26N6O3/c1-16-5-7-17(8-6-16)19(20-22-23-24-27(20)13-15-29-2)25-9-11-26(12-10-25)21(28)18-4-3-14-30-18/h3-8,14,19H,9-13,15H2,1-2H3. The molecule has 1 unspecified atom stereocenters. The van der Waals surface area contributed by atoms with Gasteiger partial charge in [-0.1, -0.05) is 29.8 Å². The first kappa shape index (κ1) is 20.2. The van der Waals surface area contributed by atoms with E-state index < -0.39 is 0 Å². The van der Waals surface area contributed by atoms with Crippen LogP contribution < -0.4 is 0 Å². The maximum atomic E-state index is 12.6. The second kappa shape index (κ2) is 9.19. The minimum absolute atomic E-state index is 0.0727. The molecule has 158 valence electrons. The molecule has 0 spiro atoms. The molecule has 3 heterocycles. The van der Waals surface area contributed by atoms with E-state index in [0.717, 1.165) is 11.4 Å². The maximum absolute atomic E-state index is 12.6. The summed E-state index contributed by atoms with van der Waals surface area (Å²) in [5.41, 5.74) is 2.32. The number of benzene rings is 1. The molecule has 2 aromatic heterocycles. The highest BCUT2D eigenvalue weighted by Gasteiger charge is 2.32. The van der Waals surface area contributed by atoms with Gasteiger partial charge in [-0.05, 0) is 35.0 Å². The van der Waals surface area contributed by atoms with Crippen LogP contribution in [-0.2, 0) is 11.3 Å². The zero-order valence-corrected chi connectivity index (χ0v) is 17.3. The van der Waals surface area contributed by atoms with Crippen molar-refractivity contribution >= 4 is 5.91 Å². The van der Waals surface area contributed by atoms with Crippen LogP contribution in [-0.4, -0.2) is 75.8 Å². The van der Waals surface area contributed by atoms with Crippen molar-refractivity contribution in [3.05, 3.63) is 65.4 Å². The fraction of sp³-hybridized carbons (Fsp3) is 0.429. The van der Waals surface area contributed by atoms with Crippen molar-refractivity contribution in [2.75, 3.05) is 39.9 Å². The fourth-order valence-electron chi connectivity index (χ4n) is 3.76. The number of furan rings is 1. The number of hydrogen-bond acceptors (Lipinski definition) is 7. The number of carbonyl (C=O) groups excluding carboxylic acids is 1. The van der Waals surface area contributed by atoms with Crippen LogP contribution in [0.5, 0.6) is 0 Å². The van der Waals surface area contributed by atoms with Gasteiger partial charge in [0.25, 0.3) is 5.91 Å². The Morgan fingerprint density at radius 3 is 2.60 bits per heavy atom. The number of hydrogen-bond donors (Lipinski definition) is 0. The van der Waals surface area contributed by atoms with E-state index in [1.54, 1.807) is 23.9 Å². The van der Waals surface area contributed by atoms with Crippen LogP contribution in [0.1, 0.15) is 33.5 Å². The lowest BCUT2D eigenvalue weighted by Crippen LogP contribution is -2.50. The summed E-state index contributed by atoms with van der Waals surface area (Å²) in [6.45, 7) is 5.83. The predicted octanol–water partition coefficient (Wildman–Crippen LogP) is 1.77. The van der Waals surface area contributed by atoms with Crippen molar-refractivity contribution in [3.8, 4) is 0 Å². The number of aryl methyl sites for hydroxylation is 1. The number of carbonyl (C=O) groups is 1. The number of methoxy groups -OCH3 is 1. The molecule has 0 N–H and O–H groups in total. The first-order valence-corrected chi connectivity index (χ1v) is 10.1. The molecular formula is C21H26N6O3. The summed E-state index contributed by atoms with van der Waals surface area (Å²) in [4.78, 5) is 16.8. The smallest absolute Gasteiger partial charge is 0.289 e. The number of piperazine rings is 1. The Bertz CT molecular complexity index is 946. The topological polar surface area (TPSA) is 89.5 Å². The molecule has 1 atom stereocenters. The van der Waals surface area contributed by atoms with E-state index in [4.69, 9.17) is 9.15 Å².